The summed E-state index contributed by atoms with van der Waals surface area (Å²) in [5.74, 6) is 0.439. The van der Waals surface area contributed by atoms with Crippen LogP contribution in [0.1, 0.15) is 35.2 Å². The predicted octanol–water partition coefficient (Wildman–Crippen LogP) is 4.60. The summed E-state index contributed by atoms with van der Waals surface area (Å²) >= 11 is 7.20. The molecule has 104 valence electrons. The fraction of sp³-hybridized carbons (Fsp3) is 0.312. The third-order valence-electron chi connectivity index (χ3n) is 4.01. The average molecular weight is 396 g/mol. The first-order chi connectivity index (χ1) is 9.70. The lowest BCUT2D eigenvalue weighted by Crippen LogP contribution is -2.23. The van der Waals surface area contributed by atoms with Gasteiger partial charge >= 0.3 is 0 Å². The fourth-order valence-corrected chi connectivity index (χ4v) is 4.39. The molecule has 2 unspecified atom stereocenters. The first kappa shape index (κ1) is 14.2. The molecule has 0 aliphatic heterocycles. The lowest BCUT2D eigenvalue weighted by molar-refractivity contribution is 0.468. The summed E-state index contributed by atoms with van der Waals surface area (Å²) in [7, 11) is 2.03. The van der Waals surface area contributed by atoms with Gasteiger partial charge in [0.2, 0.25) is 0 Å². The standard InChI is InChI=1S/C16H16Br2N2/c1-19-16(12-7-5-11(17)9-14(12)18)13-6-4-10-3-2-8-20-15(10)13/h2-3,5,7-9,13,16,19H,4,6H2,1H3. The highest BCUT2D eigenvalue weighted by Gasteiger charge is 2.31. The van der Waals surface area contributed by atoms with E-state index in [2.05, 4.69) is 66.4 Å². The lowest BCUT2D eigenvalue weighted by Gasteiger charge is -2.25. The summed E-state index contributed by atoms with van der Waals surface area (Å²) in [5.41, 5.74) is 3.94. The Morgan fingerprint density at radius 2 is 2.15 bits per heavy atom. The Kier molecular flexibility index (Phi) is 4.24. The van der Waals surface area contributed by atoms with Crippen molar-refractivity contribution in [3.8, 4) is 0 Å². The van der Waals surface area contributed by atoms with Crippen molar-refractivity contribution in [3.05, 3.63) is 62.3 Å². The Morgan fingerprint density at radius 1 is 1.30 bits per heavy atom. The summed E-state index contributed by atoms with van der Waals surface area (Å²) in [4.78, 5) is 4.62. The summed E-state index contributed by atoms with van der Waals surface area (Å²) in [6, 6.07) is 10.9. The number of fused-ring (bicyclic) bond motifs is 1. The molecule has 1 aromatic heterocycles. The van der Waals surface area contributed by atoms with Gasteiger partial charge in [0.25, 0.3) is 0 Å². The van der Waals surface area contributed by atoms with Crippen molar-refractivity contribution in [2.75, 3.05) is 7.05 Å². The van der Waals surface area contributed by atoms with Gasteiger partial charge in [-0.05, 0) is 49.2 Å². The minimum absolute atomic E-state index is 0.286. The predicted molar refractivity (Wildman–Crippen MR) is 88.9 cm³/mol. The average Bonchev–Trinajstić information content (AvgIpc) is 2.86. The van der Waals surface area contributed by atoms with Crippen LogP contribution in [0.15, 0.2) is 45.5 Å². The van der Waals surface area contributed by atoms with Crippen LogP contribution in [0.5, 0.6) is 0 Å². The second-order valence-corrected chi connectivity index (χ2v) is 6.90. The van der Waals surface area contributed by atoms with E-state index in [9.17, 15) is 0 Å². The maximum Gasteiger partial charge on any atom is 0.0485 e. The van der Waals surface area contributed by atoms with Crippen LogP contribution in [0.4, 0.5) is 0 Å². The van der Waals surface area contributed by atoms with Crippen molar-refractivity contribution in [2.45, 2.75) is 24.8 Å². The number of nitrogens with zero attached hydrogens (tertiary/aromatic N) is 1. The Morgan fingerprint density at radius 3 is 2.90 bits per heavy atom. The fourth-order valence-electron chi connectivity index (χ4n) is 3.10. The van der Waals surface area contributed by atoms with E-state index in [-0.39, 0.29) is 6.04 Å². The molecule has 0 amide bonds. The van der Waals surface area contributed by atoms with Crippen molar-refractivity contribution >= 4 is 31.9 Å². The van der Waals surface area contributed by atoms with Crippen LogP contribution in [0.3, 0.4) is 0 Å². The monoisotopic (exact) mass is 394 g/mol. The number of aromatic nitrogens is 1. The number of rotatable bonds is 3. The Labute approximate surface area is 136 Å². The molecular weight excluding hydrogens is 380 g/mol. The van der Waals surface area contributed by atoms with Crippen molar-refractivity contribution in [1.82, 2.24) is 10.3 Å². The summed E-state index contributed by atoms with van der Waals surface area (Å²) in [6.45, 7) is 0. The zero-order chi connectivity index (χ0) is 14.1. The van der Waals surface area contributed by atoms with Crippen LogP contribution in [-0.2, 0) is 6.42 Å². The van der Waals surface area contributed by atoms with E-state index < -0.39 is 0 Å². The number of hydrogen-bond donors (Lipinski definition) is 1. The number of benzene rings is 1. The number of hydrogen-bond acceptors (Lipinski definition) is 2. The van der Waals surface area contributed by atoms with Gasteiger partial charge in [-0.3, -0.25) is 4.98 Å². The lowest BCUT2D eigenvalue weighted by atomic mass is 9.91. The quantitative estimate of drug-likeness (QED) is 0.821. The van der Waals surface area contributed by atoms with Gasteiger partial charge < -0.3 is 5.32 Å². The Balaban J connectivity index is 1.99. The van der Waals surface area contributed by atoms with Gasteiger partial charge in [0, 0.05) is 32.8 Å². The molecule has 4 heteroatoms. The van der Waals surface area contributed by atoms with Crippen molar-refractivity contribution < 1.29 is 0 Å². The zero-order valence-electron chi connectivity index (χ0n) is 11.2. The number of nitrogens with one attached hydrogen (secondary N) is 1. The molecule has 0 spiro atoms. The van der Waals surface area contributed by atoms with Gasteiger partial charge in [-0.25, -0.2) is 0 Å². The highest BCUT2D eigenvalue weighted by molar-refractivity contribution is 9.11. The van der Waals surface area contributed by atoms with E-state index in [1.54, 1.807) is 0 Å². The molecule has 0 saturated heterocycles. The molecule has 2 nitrogen and oxygen atoms in total. The second kappa shape index (κ2) is 5.96. The van der Waals surface area contributed by atoms with Crippen LogP contribution in [0.25, 0.3) is 0 Å². The molecule has 2 atom stereocenters. The normalized spacial score (nSPS) is 18.9. The van der Waals surface area contributed by atoms with Crippen molar-refractivity contribution in [1.29, 1.82) is 0 Å². The third kappa shape index (κ3) is 2.57. The first-order valence-corrected chi connectivity index (χ1v) is 8.35. The number of halogens is 2. The molecule has 2 aromatic rings. The van der Waals surface area contributed by atoms with E-state index in [1.807, 2.05) is 19.3 Å². The van der Waals surface area contributed by atoms with Crippen LogP contribution < -0.4 is 5.32 Å². The minimum Gasteiger partial charge on any atom is -0.312 e. The summed E-state index contributed by atoms with van der Waals surface area (Å²) in [6.07, 6.45) is 4.18. The van der Waals surface area contributed by atoms with Gasteiger partial charge in [0.05, 0.1) is 0 Å². The first-order valence-electron chi connectivity index (χ1n) is 6.76. The Bertz CT molecular complexity index is 628. The van der Waals surface area contributed by atoms with Gasteiger partial charge in [-0.15, -0.1) is 0 Å². The maximum absolute atomic E-state index is 4.62. The molecule has 20 heavy (non-hydrogen) atoms. The highest BCUT2D eigenvalue weighted by atomic mass is 79.9. The molecule has 3 rings (SSSR count). The van der Waals surface area contributed by atoms with Crippen LogP contribution in [0, 0.1) is 0 Å². The largest absolute Gasteiger partial charge is 0.312 e. The second-order valence-electron chi connectivity index (χ2n) is 5.13. The van der Waals surface area contributed by atoms with Crippen molar-refractivity contribution in [3.63, 3.8) is 0 Å². The molecule has 1 N–H and O–H groups in total. The van der Waals surface area contributed by atoms with E-state index in [0.717, 1.165) is 21.8 Å². The van der Waals surface area contributed by atoms with Crippen LogP contribution in [0.2, 0.25) is 0 Å². The maximum atomic E-state index is 4.62. The van der Waals surface area contributed by atoms with E-state index in [0.29, 0.717) is 5.92 Å². The zero-order valence-corrected chi connectivity index (χ0v) is 14.4. The van der Waals surface area contributed by atoms with Crippen LogP contribution >= 0.6 is 31.9 Å². The topological polar surface area (TPSA) is 24.9 Å². The molecule has 1 aliphatic carbocycles. The van der Waals surface area contributed by atoms with Gasteiger partial charge in [-0.1, -0.05) is 44.0 Å². The minimum atomic E-state index is 0.286. The third-order valence-corrected chi connectivity index (χ3v) is 5.19. The number of likely N-dealkylation sites (N-methyl/N-ethyl adjacent to an activating group) is 1. The van der Waals surface area contributed by atoms with Gasteiger partial charge in [0.1, 0.15) is 0 Å². The SMILES string of the molecule is CNC(c1ccc(Br)cc1Br)C1CCc2cccnc21. The Hall–Kier alpha value is -0.710. The van der Waals surface area contributed by atoms with Crippen LogP contribution in [-0.4, -0.2) is 12.0 Å². The molecule has 1 aromatic carbocycles. The molecule has 0 fully saturated rings. The van der Waals surface area contributed by atoms with Gasteiger partial charge in [-0.2, -0.15) is 0 Å². The highest BCUT2D eigenvalue weighted by Crippen LogP contribution is 2.42. The van der Waals surface area contributed by atoms with E-state index >= 15 is 0 Å². The molecule has 1 aliphatic rings. The van der Waals surface area contributed by atoms with Crippen molar-refractivity contribution in [2.24, 2.45) is 0 Å². The van der Waals surface area contributed by atoms with E-state index in [4.69, 9.17) is 0 Å². The molecule has 0 saturated carbocycles. The molecule has 1 heterocycles. The molecule has 0 bridgehead atoms. The summed E-state index contributed by atoms with van der Waals surface area (Å²) < 4.78 is 2.23. The molecular formula is C16H16Br2N2. The smallest absolute Gasteiger partial charge is 0.0485 e. The molecule has 0 radical (unpaired) electrons. The summed E-state index contributed by atoms with van der Waals surface area (Å²) in [5, 5.41) is 3.48. The number of pyridine rings is 1. The van der Waals surface area contributed by atoms with Gasteiger partial charge in [0.15, 0.2) is 0 Å². The number of aryl methyl sites for hydroxylation is 1. The van der Waals surface area contributed by atoms with E-state index in [1.165, 1.54) is 16.8 Å².